The third-order valence-corrected chi connectivity index (χ3v) is 4.71. The lowest BCUT2D eigenvalue weighted by molar-refractivity contribution is 0.0734. The van der Waals surface area contributed by atoms with Crippen LogP contribution < -0.4 is 4.74 Å². The van der Waals surface area contributed by atoms with Crippen LogP contribution >= 0.6 is 0 Å². The first kappa shape index (κ1) is 20.2. The van der Waals surface area contributed by atoms with E-state index in [1.807, 2.05) is 6.07 Å². The molecule has 3 aromatic carbocycles. The third kappa shape index (κ3) is 4.40. The van der Waals surface area contributed by atoms with E-state index in [9.17, 15) is 14.3 Å². The van der Waals surface area contributed by atoms with Crippen LogP contribution in [0.5, 0.6) is 11.5 Å². The summed E-state index contributed by atoms with van der Waals surface area (Å²) in [6.45, 7) is 3.57. The van der Waals surface area contributed by atoms with Crippen LogP contribution in [0.4, 0.5) is 15.8 Å². The second kappa shape index (κ2) is 8.31. The molecule has 0 aliphatic heterocycles. The number of azo groups is 1. The summed E-state index contributed by atoms with van der Waals surface area (Å²) in [7, 11) is 0. The number of aryl methyl sites for hydroxylation is 2. The molecule has 6 nitrogen and oxygen atoms in total. The van der Waals surface area contributed by atoms with Gasteiger partial charge in [-0.15, -0.1) is 5.11 Å². The molecule has 0 radical (unpaired) electrons. The highest BCUT2D eigenvalue weighted by Gasteiger charge is 2.14. The van der Waals surface area contributed by atoms with Gasteiger partial charge in [0, 0.05) is 11.6 Å². The summed E-state index contributed by atoms with van der Waals surface area (Å²) in [5.41, 5.74) is 3.20. The number of aromatic nitrogens is 1. The molecule has 1 N–H and O–H groups in total. The van der Waals surface area contributed by atoms with Crippen LogP contribution in [0.3, 0.4) is 0 Å². The number of carbonyl (C=O) groups excluding carboxylic acids is 1. The highest BCUT2D eigenvalue weighted by atomic mass is 19.1. The van der Waals surface area contributed by atoms with Crippen LogP contribution in [0, 0.1) is 19.7 Å². The first-order chi connectivity index (χ1) is 14.9. The van der Waals surface area contributed by atoms with Crippen molar-refractivity contribution in [3.8, 4) is 11.5 Å². The minimum Gasteiger partial charge on any atom is -0.507 e. The highest BCUT2D eigenvalue weighted by Crippen LogP contribution is 2.31. The molecule has 0 spiro atoms. The molecule has 31 heavy (non-hydrogen) atoms. The standard InChI is InChI=1S/C24H18FN3O3/c1-14-10-18(11-15(2)23(14)29)27-28-22-13-16(12-21-20(22)4-3-9-26-21)24(30)31-19-7-5-17(25)6-8-19/h3-13,29H,1-2H3/b28-27+. The monoisotopic (exact) mass is 415 g/mol. The number of pyridine rings is 1. The van der Waals surface area contributed by atoms with E-state index in [1.54, 1.807) is 50.4 Å². The minimum absolute atomic E-state index is 0.221. The normalized spacial score (nSPS) is 11.2. The first-order valence-corrected chi connectivity index (χ1v) is 9.49. The minimum atomic E-state index is -0.619. The fraction of sp³-hybridized carbons (Fsp3) is 0.0833. The van der Waals surface area contributed by atoms with Crippen LogP contribution in [0.2, 0.25) is 0 Å². The van der Waals surface area contributed by atoms with Crippen molar-refractivity contribution in [3.05, 3.63) is 89.4 Å². The predicted octanol–water partition coefficient (Wildman–Crippen LogP) is 6.33. The van der Waals surface area contributed by atoms with Crippen molar-refractivity contribution in [2.45, 2.75) is 13.8 Å². The Labute approximate surface area is 177 Å². The fourth-order valence-corrected chi connectivity index (χ4v) is 3.13. The molecular formula is C24H18FN3O3. The van der Waals surface area contributed by atoms with Gasteiger partial charge in [0.15, 0.2) is 0 Å². The SMILES string of the molecule is Cc1cc(/N=N/c2cc(C(=O)Oc3ccc(F)cc3)cc3ncccc23)cc(C)c1O. The molecule has 0 atom stereocenters. The molecule has 154 valence electrons. The number of halogens is 1. The van der Waals surface area contributed by atoms with Crippen molar-refractivity contribution < 1.29 is 19.0 Å². The Hall–Kier alpha value is -4.13. The molecule has 7 heteroatoms. The summed E-state index contributed by atoms with van der Waals surface area (Å²) in [5.74, 6) is -0.589. The molecule has 0 bridgehead atoms. The zero-order valence-corrected chi connectivity index (χ0v) is 16.8. The molecule has 4 aromatic rings. The lowest BCUT2D eigenvalue weighted by Crippen LogP contribution is -2.08. The third-order valence-electron chi connectivity index (χ3n) is 4.71. The molecule has 0 saturated carbocycles. The molecule has 0 unspecified atom stereocenters. The smallest absolute Gasteiger partial charge is 0.343 e. The molecule has 1 aromatic heterocycles. The number of hydrogen-bond donors (Lipinski definition) is 1. The van der Waals surface area contributed by atoms with E-state index in [0.717, 1.165) is 5.39 Å². The largest absolute Gasteiger partial charge is 0.507 e. The number of aromatic hydroxyl groups is 1. The highest BCUT2D eigenvalue weighted by molar-refractivity contribution is 6.00. The van der Waals surface area contributed by atoms with Gasteiger partial charge < -0.3 is 9.84 Å². The Bertz CT molecular complexity index is 1290. The number of ether oxygens (including phenoxy) is 1. The van der Waals surface area contributed by atoms with E-state index < -0.39 is 11.8 Å². The van der Waals surface area contributed by atoms with Crippen molar-refractivity contribution in [2.75, 3.05) is 0 Å². The molecule has 0 aliphatic rings. The van der Waals surface area contributed by atoms with Gasteiger partial charge in [-0.05, 0) is 85.6 Å². The van der Waals surface area contributed by atoms with Gasteiger partial charge in [0.25, 0.3) is 0 Å². The number of phenols is 1. The van der Waals surface area contributed by atoms with Crippen LogP contribution in [0.15, 0.2) is 77.1 Å². The molecule has 0 aliphatic carbocycles. The summed E-state index contributed by atoms with van der Waals surface area (Å²) < 4.78 is 18.4. The number of rotatable bonds is 4. The average Bonchev–Trinajstić information content (AvgIpc) is 2.77. The zero-order chi connectivity index (χ0) is 22.0. The van der Waals surface area contributed by atoms with Crippen molar-refractivity contribution in [1.29, 1.82) is 0 Å². The maximum absolute atomic E-state index is 13.1. The lowest BCUT2D eigenvalue weighted by Gasteiger charge is -2.07. The van der Waals surface area contributed by atoms with Crippen molar-refractivity contribution in [3.63, 3.8) is 0 Å². The van der Waals surface area contributed by atoms with Crippen molar-refractivity contribution >= 4 is 28.2 Å². The van der Waals surface area contributed by atoms with Gasteiger partial charge in [0.2, 0.25) is 0 Å². The number of phenolic OH excluding ortho intramolecular Hbond substituents is 1. The van der Waals surface area contributed by atoms with Crippen LogP contribution in [0.25, 0.3) is 10.9 Å². The van der Waals surface area contributed by atoms with Crippen molar-refractivity contribution in [2.24, 2.45) is 10.2 Å². The second-order valence-corrected chi connectivity index (χ2v) is 7.04. The van der Waals surface area contributed by atoms with Gasteiger partial charge in [-0.25, -0.2) is 9.18 Å². The Morgan fingerprint density at radius 1 is 1.00 bits per heavy atom. The number of hydrogen-bond acceptors (Lipinski definition) is 6. The summed E-state index contributed by atoms with van der Waals surface area (Å²) in [5, 5.41) is 19.3. The van der Waals surface area contributed by atoms with Crippen LogP contribution in [-0.4, -0.2) is 16.1 Å². The average molecular weight is 415 g/mol. The van der Waals surface area contributed by atoms with Gasteiger partial charge >= 0.3 is 5.97 Å². The van der Waals surface area contributed by atoms with Gasteiger partial charge in [-0.1, -0.05) is 0 Å². The molecule has 4 rings (SSSR count). The quantitative estimate of drug-likeness (QED) is 0.240. The first-order valence-electron chi connectivity index (χ1n) is 9.49. The van der Waals surface area contributed by atoms with Gasteiger partial charge in [-0.3, -0.25) is 4.98 Å². The lowest BCUT2D eigenvalue weighted by atomic mass is 10.1. The summed E-state index contributed by atoms with van der Waals surface area (Å²) >= 11 is 0. The predicted molar refractivity (Wildman–Crippen MR) is 115 cm³/mol. The molecule has 1 heterocycles. The van der Waals surface area contributed by atoms with E-state index in [-0.39, 0.29) is 17.1 Å². The van der Waals surface area contributed by atoms with Gasteiger partial charge in [0.1, 0.15) is 17.3 Å². The number of esters is 1. The van der Waals surface area contributed by atoms with Gasteiger partial charge in [0.05, 0.1) is 22.5 Å². The van der Waals surface area contributed by atoms with Gasteiger partial charge in [-0.2, -0.15) is 5.11 Å². The van der Waals surface area contributed by atoms with E-state index >= 15 is 0 Å². The summed E-state index contributed by atoms with van der Waals surface area (Å²) in [4.78, 5) is 17.0. The van der Waals surface area contributed by atoms with Crippen molar-refractivity contribution in [1.82, 2.24) is 4.98 Å². The molecular weight excluding hydrogens is 397 g/mol. The Morgan fingerprint density at radius 3 is 2.42 bits per heavy atom. The molecule has 0 amide bonds. The molecule has 0 saturated heterocycles. The topological polar surface area (TPSA) is 84.1 Å². The number of fused-ring (bicyclic) bond motifs is 1. The second-order valence-electron chi connectivity index (χ2n) is 7.04. The summed E-state index contributed by atoms with van der Waals surface area (Å²) in [6.07, 6.45) is 1.62. The fourth-order valence-electron chi connectivity index (χ4n) is 3.13. The van der Waals surface area contributed by atoms with E-state index in [2.05, 4.69) is 15.2 Å². The molecule has 0 fully saturated rings. The Kier molecular flexibility index (Phi) is 5.41. The summed E-state index contributed by atoms with van der Waals surface area (Å²) in [6, 6.07) is 15.4. The van der Waals surface area contributed by atoms with E-state index in [4.69, 9.17) is 4.74 Å². The Morgan fingerprint density at radius 2 is 1.71 bits per heavy atom. The van der Waals surface area contributed by atoms with Crippen LogP contribution in [-0.2, 0) is 0 Å². The van der Waals surface area contributed by atoms with E-state index in [1.165, 1.54) is 24.3 Å². The number of carbonyl (C=O) groups is 1. The maximum atomic E-state index is 13.1. The van der Waals surface area contributed by atoms with E-state index in [0.29, 0.717) is 28.0 Å². The maximum Gasteiger partial charge on any atom is 0.343 e. The number of benzene rings is 3. The number of nitrogens with zero attached hydrogens (tertiary/aromatic N) is 3. The van der Waals surface area contributed by atoms with Crippen LogP contribution in [0.1, 0.15) is 21.5 Å². The Balaban J connectivity index is 1.71. The zero-order valence-electron chi connectivity index (χ0n) is 16.8.